The maximum Gasteiger partial charge on any atom is 0.417 e. The van der Waals surface area contributed by atoms with Crippen LogP contribution in [0.25, 0.3) is 0 Å². The molecule has 0 saturated carbocycles. The zero-order chi connectivity index (χ0) is 13.5. The zero-order valence-corrected chi connectivity index (χ0v) is 11.4. The second-order valence-corrected chi connectivity index (χ2v) is 4.81. The quantitative estimate of drug-likeness (QED) is 0.595. The molecule has 0 aliphatic heterocycles. The van der Waals surface area contributed by atoms with Crippen LogP contribution in [0, 0.1) is 5.92 Å². The molecule has 104 valence electrons. The molecule has 0 bridgehead atoms. The van der Waals surface area contributed by atoms with Crippen LogP contribution in [0.15, 0.2) is 0 Å². The third kappa shape index (κ3) is 5.28. The minimum Gasteiger partial charge on any atom is -0.366 e. The molecule has 17 heavy (non-hydrogen) atoms. The molecule has 0 aromatic rings. The Morgan fingerprint density at radius 1 is 1.12 bits per heavy atom. The van der Waals surface area contributed by atoms with E-state index in [0.29, 0.717) is 0 Å². The van der Waals surface area contributed by atoms with Gasteiger partial charge in [-0.25, -0.2) is 0 Å². The van der Waals surface area contributed by atoms with E-state index in [1.54, 1.807) is 0 Å². The Bertz CT molecular complexity index is 203. The number of alkyl halides is 3. The Hall–Kier alpha value is -0.250. The molecule has 0 heterocycles. The fraction of sp³-hybridized carbons (Fsp3) is 1.00. The van der Waals surface area contributed by atoms with Gasteiger partial charge in [-0.2, -0.15) is 13.2 Å². The molecule has 2 unspecified atom stereocenters. The smallest absolute Gasteiger partial charge is 0.366 e. The van der Waals surface area contributed by atoms with E-state index >= 15 is 0 Å². The molecule has 1 nitrogen and oxygen atoms in total. The molecule has 0 fully saturated rings. The van der Waals surface area contributed by atoms with Crippen LogP contribution < -0.4 is 0 Å². The molecular formula is C13H25F3O. The van der Waals surface area contributed by atoms with Gasteiger partial charge in [0.2, 0.25) is 0 Å². The average molecular weight is 254 g/mol. The van der Waals surface area contributed by atoms with Crippen molar-refractivity contribution in [1.82, 2.24) is 0 Å². The van der Waals surface area contributed by atoms with Gasteiger partial charge in [-0.05, 0) is 25.7 Å². The summed E-state index contributed by atoms with van der Waals surface area (Å²) in [5, 5.41) is 0. The highest BCUT2D eigenvalue weighted by molar-refractivity contribution is 4.82. The zero-order valence-electron chi connectivity index (χ0n) is 11.4. The summed E-state index contributed by atoms with van der Waals surface area (Å²) in [6.07, 6.45) is -0.384. The summed E-state index contributed by atoms with van der Waals surface area (Å²) in [4.78, 5) is 0. The van der Waals surface area contributed by atoms with Crippen molar-refractivity contribution in [2.75, 3.05) is 6.61 Å². The fourth-order valence-corrected chi connectivity index (χ4v) is 1.58. The molecule has 0 rings (SSSR count). The predicted octanol–water partition coefficient (Wildman–Crippen LogP) is 4.95. The summed E-state index contributed by atoms with van der Waals surface area (Å²) in [5.74, 6) is 0.239. The highest BCUT2D eigenvalue weighted by atomic mass is 19.4. The van der Waals surface area contributed by atoms with Crippen molar-refractivity contribution >= 4 is 0 Å². The van der Waals surface area contributed by atoms with Gasteiger partial charge in [-0.3, -0.25) is 0 Å². The number of rotatable bonds is 8. The number of ether oxygens (including phenoxy) is 1. The van der Waals surface area contributed by atoms with Crippen molar-refractivity contribution in [3.63, 3.8) is 0 Å². The van der Waals surface area contributed by atoms with E-state index in [-0.39, 0.29) is 18.9 Å². The first-order valence-electron chi connectivity index (χ1n) is 6.51. The Labute approximate surface area is 103 Å². The average Bonchev–Trinajstić information content (AvgIpc) is 2.27. The van der Waals surface area contributed by atoms with Gasteiger partial charge in [-0.1, -0.05) is 40.0 Å². The van der Waals surface area contributed by atoms with Crippen molar-refractivity contribution < 1.29 is 17.9 Å². The van der Waals surface area contributed by atoms with E-state index < -0.39 is 11.8 Å². The van der Waals surface area contributed by atoms with E-state index in [0.717, 1.165) is 32.6 Å². The summed E-state index contributed by atoms with van der Waals surface area (Å²) in [5.41, 5.74) is -1.99. The molecular weight excluding hydrogens is 229 g/mol. The third-order valence-corrected chi connectivity index (χ3v) is 3.46. The summed E-state index contributed by atoms with van der Waals surface area (Å²) in [6.45, 7) is 6.94. The van der Waals surface area contributed by atoms with E-state index in [1.807, 2.05) is 6.92 Å². The van der Waals surface area contributed by atoms with Crippen molar-refractivity contribution in [2.45, 2.75) is 71.6 Å². The molecule has 0 N–H and O–H groups in total. The first-order chi connectivity index (χ1) is 7.80. The van der Waals surface area contributed by atoms with Crippen molar-refractivity contribution in [3.8, 4) is 0 Å². The Morgan fingerprint density at radius 2 is 1.71 bits per heavy atom. The summed E-state index contributed by atoms with van der Waals surface area (Å²) < 4.78 is 43.5. The first kappa shape index (κ1) is 16.8. The number of unbranched alkanes of at least 4 members (excludes halogenated alkanes) is 1. The van der Waals surface area contributed by atoms with Crippen LogP contribution in [0.3, 0.4) is 0 Å². The van der Waals surface area contributed by atoms with Crippen LogP contribution in [0.1, 0.15) is 59.8 Å². The lowest BCUT2D eigenvalue weighted by molar-refractivity contribution is -0.275. The number of hydrogen-bond donors (Lipinski definition) is 0. The van der Waals surface area contributed by atoms with E-state index in [1.165, 1.54) is 6.92 Å². The SMILES string of the molecule is CCCCC(CC)COC(C)(CC)C(F)(F)F. The van der Waals surface area contributed by atoms with Gasteiger partial charge in [0.1, 0.15) is 0 Å². The first-order valence-corrected chi connectivity index (χ1v) is 6.51. The van der Waals surface area contributed by atoms with E-state index in [4.69, 9.17) is 4.74 Å². The standard InChI is InChI=1S/C13H25F3O/c1-5-8-9-11(6-2)10-17-12(4,7-3)13(14,15)16/h11H,5-10H2,1-4H3. The van der Waals surface area contributed by atoms with Gasteiger partial charge in [0.25, 0.3) is 0 Å². The van der Waals surface area contributed by atoms with Gasteiger partial charge in [0.05, 0.1) is 6.61 Å². The molecule has 0 radical (unpaired) electrons. The second kappa shape index (κ2) is 7.24. The molecule has 0 aliphatic rings. The molecule has 0 spiro atoms. The molecule has 0 saturated heterocycles. The molecule has 0 aromatic carbocycles. The Kier molecular flexibility index (Phi) is 7.14. The van der Waals surface area contributed by atoms with Crippen LogP contribution in [-0.2, 0) is 4.74 Å². The van der Waals surface area contributed by atoms with Gasteiger partial charge >= 0.3 is 6.18 Å². The highest BCUT2D eigenvalue weighted by Gasteiger charge is 2.51. The molecule has 0 aliphatic carbocycles. The minimum absolute atomic E-state index is 0.0410. The number of halogens is 3. The monoisotopic (exact) mass is 254 g/mol. The van der Waals surface area contributed by atoms with Crippen LogP contribution in [-0.4, -0.2) is 18.4 Å². The van der Waals surface area contributed by atoms with Crippen LogP contribution >= 0.6 is 0 Å². The fourth-order valence-electron chi connectivity index (χ4n) is 1.58. The Morgan fingerprint density at radius 3 is 2.06 bits per heavy atom. The summed E-state index contributed by atoms with van der Waals surface area (Å²) >= 11 is 0. The van der Waals surface area contributed by atoms with Crippen LogP contribution in [0.5, 0.6) is 0 Å². The van der Waals surface area contributed by atoms with Crippen LogP contribution in [0.4, 0.5) is 13.2 Å². The van der Waals surface area contributed by atoms with E-state index in [2.05, 4.69) is 6.92 Å². The number of hydrogen-bond acceptors (Lipinski definition) is 1. The normalized spacial score (nSPS) is 17.8. The van der Waals surface area contributed by atoms with Gasteiger partial charge < -0.3 is 4.74 Å². The summed E-state index contributed by atoms with van der Waals surface area (Å²) in [6, 6.07) is 0. The van der Waals surface area contributed by atoms with Gasteiger partial charge in [-0.15, -0.1) is 0 Å². The topological polar surface area (TPSA) is 9.23 Å². The van der Waals surface area contributed by atoms with E-state index in [9.17, 15) is 13.2 Å². The lowest BCUT2D eigenvalue weighted by atomic mass is 9.98. The van der Waals surface area contributed by atoms with Crippen LogP contribution in [0.2, 0.25) is 0 Å². The molecule has 0 aromatic heterocycles. The van der Waals surface area contributed by atoms with Gasteiger partial charge in [0.15, 0.2) is 5.60 Å². The molecule has 2 atom stereocenters. The van der Waals surface area contributed by atoms with Crippen molar-refractivity contribution in [1.29, 1.82) is 0 Å². The van der Waals surface area contributed by atoms with Crippen molar-refractivity contribution in [3.05, 3.63) is 0 Å². The highest BCUT2D eigenvalue weighted by Crippen LogP contribution is 2.36. The third-order valence-electron chi connectivity index (χ3n) is 3.46. The lowest BCUT2D eigenvalue weighted by Gasteiger charge is -2.32. The minimum atomic E-state index is -4.29. The Balaban J connectivity index is 4.30. The predicted molar refractivity (Wildman–Crippen MR) is 64.0 cm³/mol. The summed E-state index contributed by atoms with van der Waals surface area (Å²) in [7, 11) is 0. The maximum atomic E-state index is 12.8. The molecule has 4 heteroatoms. The lowest BCUT2D eigenvalue weighted by Crippen LogP contribution is -2.45. The van der Waals surface area contributed by atoms with Gasteiger partial charge in [0, 0.05) is 0 Å². The maximum absolute atomic E-state index is 12.8. The largest absolute Gasteiger partial charge is 0.417 e. The van der Waals surface area contributed by atoms with Crippen molar-refractivity contribution in [2.24, 2.45) is 5.92 Å². The molecule has 0 amide bonds. The second-order valence-electron chi connectivity index (χ2n) is 4.81.